The summed E-state index contributed by atoms with van der Waals surface area (Å²) >= 11 is 6.05. The number of hydrogen-bond acceptors (Lipinski definition) is 4. The molecular formula is C14H19ClN4O. The van der Waals surface area contributed by atoms with Crippen molar-refractivity contribution in [2.24, 2.45) is 11.8 Å². The SMILES string of the molecule is NNc1ncc(C(=O)N2CCCC3CCCC32)cc1Cl. The summed E-state index contributed by atoms with van der Waals surface area (Å²) in [5.74, 6) is 6.41. The molecule has 1 aromatic rings. The van der Waals surface area contributed by atoms with E-state index in [1.807, 2.05) is 4.90 Å². The summed E-state index contributed by atoms with van der Waals surface area (Å²) in [5, 5.41) is 0.373. The molecule has 0 spiro atoms. The number of piperidine rings is 1. The smallest absolute Gasteiger partial charge is 0.255 e. The number of rotatable bonds is 2. The monoisotopic (exact) mass is 294 g/mol. The lowest BCUT2D eigenvalue weighted by Crippen LogP contribution is -2.46. The van der Waals surface area contributed by atoms with Crippen LogP contribution in [0.3, 0.4) is 0 Å². The Hall–Kier alpha value is -1.33. The van der Waals surface area contributed by atoms with Crippen LogP contribution in [0.2, 0.25) is 5.02 Å². The van der Waals surface area contributed by atoms with Gasteiger partial charge >= 0.3 is 0 Å². The number of likely N-dealkylation sites (tertiary alicyclic amines) is 1. The number of hydrogen-bond donors (Lipinski definition) is 2. The second-order valence-electron chi connectivity index (χ2n) is 5.60. The van der Waals surface area contributed by atoms with Gasteiger partial charge in [-0.05, 0) is 37.7 Å². The van der Waals surface area contributed by atoms with Crippen LogP contribution in [0.15, 0.2) is 12.3 Å². The van der Waals surface area contributed by atoms with E-state index >= 15 is 0 Å². The van der Waals surface area contributed by atoms with E-state index in [9.17, 15) is 4.79 Å². The highest BCUT2D eigenvalue weighted by Gasteiger charge is 2.37. The zero-order valence-corrected chi connectivity index (χ0v) is 12.1. The summed E-state index contributed by atoms with van der Waals surface area (Å²) in [6.07, 6.45) is 7.50. The van der Waals surface area contributed by atoms with Gasteiger partial charge in [0, 0.05) is 18.8 Å². The topological polar surface area (TPSA) is 71.2 Å². The first-order valence-corrected chi connectivity index (χ1v) is 7.51. The van der Waals surface area contributed by atoms with Gasteiger partial charge in [-0.1, -0.05) is 18.0 Å². The van der Waals surface area contributed by atoms with Crippen molar-refractivity contribution in [1.82, 2.24) is 9.88 Å². The van der Waals surface area contributed by atoms with Gasteiger partial charge in [-0.15, -0.1) is 0 Å². The zero-order chi connectivity index (χ0) is 14.1. The Labute approximate surface area is 123 Å². The Kier molecular flexibility index (Phi) is 3.81. The first kappa shape index (κ1) is 13.6. The number of nitrogens with zero attached hydrogens (tertiary/aromatic N) is 2. The van der Waals surface area contributed by atoms with Gasteiger partial charge in [0.15, 0.2) is 5.82 Å². The van der Waals surface area contributed by atoms with Crippen LogP contribution in [-0.4, -0.2) is 28.4 Å². The Morgan fingerprint density at radius 1 is 1.40 bits per heavy atom. The van der Waals surface area contributed by atoms with E-state index in [1.165, 1.54) is 19.3 Å². The maximum Gasteiger partial charge on any atom is 0.255 e. The number of pyridine rings is 1. The molecular weight excluding hydrogens is 276 g/mol. The molecule has 20 heavy (non-hydrogen) atoms. The van der Waals surface area contributed by atoms with Crippen molar-refractivity contribution >= 4 is 23.3 Å². The summed E-state index contributed by atoms with van der Waals surface area (Å²) in [6.45, 7) is 0.842. The first-order valence-electron chi connectivity index (χ1n) is 7.14. The van der Waals surface area contributed by atoms with Crippen LogP contribution in [0, 0.1) is 5.92 Å². The van der Waals surface area contributed by atoms with Crippen molar-refractivity contribution in [3.05, 3.63) is 22.8 Å². The molecule has 2 atom stereocenters. The highest BCUT2D eigenvalue weighted by Crippen LogP contribution is 2.37. The van der Waals surface area contributed by atoms with E-state index < -0.39 is 0 Å². The van der Waals surface area contributed by atoms with Crippen molar-refractivity contribution in [3.63, 3.8) is 0 Å². The van der Waals surface area contributed by atoms with Gasteiger partial charge in [-0.3, -0.25) is 4.79 Å². The van der Waals surface area contributed by atoms with Gasteiger partial charge in [0.05, 0.1) is 10.6 Å². The van der Waals surface area contributed by atoms with Gasteiger partial charge in [-0.2, -0.15) is 0 Å². The quantitative estimate of drug-likeness (QED) is 0.649. The molecule has 1 aliphatic carbocycles. The molecule has 108 valence electrons. The minimum absolute atomic E-state index is 0.0413. The minimum Gasteiger partial charge on any atom is -0.335 e. The summed E-state index contributed by atoms with van der Waals surface area (Å²) in [6, 6.07) is 2.05. The number of nitrogens with one attached hydrogen (secondary N) is 1. The fourth-order valence-electron chi connectivity index (χ4n) is 3.53. The van der Waals surface area contributed by atoms with E-state index in [1.54, 1.807) is 12.3 Å². The lowest BCUT2D eigenvalue weighted by atomic mass is 9.91. The van der Waals surface area contributed by atoms with E-state index in [0.717, 1.165) is 19.4 Å². The molecule has 1 saturated heterocycles. The number of fused-ring (bicyclic) bond motifs is 1. The third kappa shape index (κ3) is 2.36. The summed E-state index contributed by atoms with van der Waals surface area (Å²) in [4.78, 5) is 18.8. The summed E-state index contributed by atoms with van der Waals surface area (Å²) < 4.78 is 0. The van der Waals surface area contributed by atoms with E-state index in [2.05, 4.69) is 10.4 Å². The number of aromatic nitrogens is 1. The van der Waals surface area contributed by atoms with Crippen LogP contribution in [0.4, 0.5) is 5.82 Å². The predicted molar refractivity (Wildman–Crippen MR) is 78.5 cm³/mol. The second-order valence-corrected chi connectivity index (χ2v) is 6.01. The molecule has 2 unspecified atom stereocenters. The Bertz CT molecular complexity index is 522. The number of carbonyl (C=O) groups is 1. The van der Waals surface area contributed by atoms with Crippen molar-refractivity contribution < 1.29 is 4.79 Å². The standard InChI is InChI=1S/C14H19ClN4O/c15-11-7-10(8-17-13(11)18-16)14(20)19-6-2-4-9-3-1-5-12(9)19/h7-9,12H,1-6,16H2,(H,17,18). The van der Waals surface area contributed by atoms with Crippen LogP contribution in [0.1, 0.15) is 42.5 Å². The Balaban J connectivity index is 1.82. The van der Waals surface area contributed by atoms with Crippen molar-refractivity contribution in [2.45, 2.75) is 38.1 Å². The Morgan fingerprint density at radius 2 is 2.20 bits per heavy atom. The van der Waals surface area contributed by atoms with Gasteiger partial charge in [0.25, 0.3) is 5.91 Å². The van der Waals surface area contributed by atoms with Gasteiger partial charge in [-0.25, -0.2) is 10.8 Å². The number of carbonyl (C=O) groups excluding carboxylic acids is 1. The zero-order valence-electron chi connectivity index (χ0n) is 11.3. The number of nitrogen functional groups attached to an aromatic ring is 1. The van der Waals surface area contributed by atoms with Gasteiger partial charge in [0.2, 0.25) is 0 Å². The molecule has 0 radical (unpaired) electrons. The highest BCUT2D eigenvalue weighted by atomic mass is 35.5. The number of nitrogens with two attached hydrogens (primary N) is 1. The molecule has 2 aliphatic rings. The summed E-state index contributed by atoms with van der Waals surface area (Å²) in [7, 11) is 0. The largest absolute Gasteiger partial charge is 0.335 e. The number of hydrazine groups is 1. The molecule has 1 aliphatic heterocycles. The third-order valence-corrected chi connectivity index (χ3v) is 4.77. The molecule has 0 bridgehead atoms. The first-order chi connectivity index (χ1) is 9.70. The van der Waals surface area contributed by atoms with Crippen LogP contribution >= 0.6 is 11.6 Å². The fraction of sp³-hybridized carbons (Fsp3) is 0.571. The molecule has 5 nitrogen and oxygen atoms in total. The summed E-state index contributed by atoms with van der Waals surface area (Å²) in [5.41, 5.74) is 2.95. The normalized spacial score (nSPS) is 25.4. The molecule has 1 aromatic heterocycles. The predicted octanol–water partition coefficient (Wildman–Crippen LogP) is 2.43. The molecule has 3 N–H and O–H groups in total. The average Bonchev–Trinajstić information content (AvgIpc) is 2.94. The second kappa shape index (κ2) is 5.58. The van der Waals surface area contributed by atoms with Crippen LogP contribution in [0.5, 0.6) is 0 Å². The van der Waals surface area contributed by atoms with Gasteiger partial charge < -0.3 is 10.3 Å². The lowest BCUT2D eigenvalue weighted by Gasteiger charge is -2.37. The van der Waals surface area contributed by atoms with Crippen molar-refractivity contribution in [2.75, 3.05) is 12.0 Å². The molecule has 2 fully saturated rings. The molecule has 2 heterocycles. The van der Waals surface area contributed by atoms with Crippen LogP contribution in [-0.2, 0) is 0 Å². The molecule has 3 rings (SSSR count). The van der Waals surface area contributed by atoms with Crippen LogP contribution in [0.25, 0.3) is 0 Å². The maximum atomic E-state index is 12.7. The van der Waals surface area contributed by atoms with E-state index in [4.69, 9.17) is 17.4 Å². The van der Waals surface area contributed by atoms with Crippen molar-refractivity contribution in [1.29, 1.82) is 0 Å². The van der Waals surface area contributed by atoms with Crippen molar-refractivity contribution in [3.8, 4) is 0 Å². The number of amides is 1. The Morgan fingerprint density at radius 3 is 2.95 bits per heavy atom. The molecule has 0 aromatic carbocycles. The molecule has 6 heteroatoms. The van der Waals surface area contributed by atoms with E-state index in [0.29, 0.717) is 28.4 Å². The fourth-order valence-corrected chi connectivity index (χ4v) is 3.75. The number of halogens is 1. The third-order valence-electron chi connectivity index (χ3n) is 4.48. The van der Waals surface area contributed by atoms with Gasteiger partial charge in [0.1, 0.15) is 0 Å². The van der Waals surface area contributed by atoms with E-state index in [-0.39, 0.29) is 5.91 Å². The lowest BCUT2D eigenvalue weighted by molar-refractivity contribution is 0.0548. The minimum atomic E-state index is 0.0413. The highest BCUT2D eigenvalue weighted by molar-refractivity contribution is 6.33. The number of anilines is 1. The maximum absolute atomic E-state index is 12.7. The average molecular weight is 295 g/mol. The molecule has 1 amide bonds. The molecule has 1 saturated carbocycles. The van der Waals surface area contributed by atoms with Crippen LogP contribution < -0.4 is 11.3 Å².